The molecular weight excluding hydrogens is 204 g/mol. The Labute approximate surface area is 97.3 Å². The van der Waals surface area contributed by atoms with Crippen molar-refractivity contribution in [3.63, 3.8) is 0 Å². The predicted molar refractivity (Wildman–Crippen MR) is 62.2 cm³/mol. The van der Waals surface area contributed by atoms with E-state index in [-0.39, 0.29) is 23.5 Å². The largest absolute Gasteiger partial charge is 0.378 e. The lowest BCUT2D eigenvalue weighted by Crippen LogP contribution is -2.61. The Morgan fingerprint density at radius 1 is 1.50 bits per heavy atom. The van der Waals surface area contributed by atoms with Gasteiger partial charge in [-0.1, -0.05) is 0 Å². The summed E-state index contributed by atoms with van der Waals surface area (Å²) in [5, 5.41) is 3.34. The summed E-state index contributed by atoms with van der Waals surface area (Å²) < 4.78 is 5.48. The van der Waals surface area contributed by atoms with Gasteiger partial charge in [-0.3, -0.25) is 4.79 Å². The third-order valence-electron chi connectivity index (χ3n) is 3.76. The van der Waals surface area contributed by atoms with E-state index in [0.717, 1.165) is 32.7 Å². The van der Waals surface area contributed by atoms with E-state index in [0.29, 0.717) is 0 Å². The highest BCUT2D eigenvalue weighted by Gasteiger charge is 2.40. The molecule has 2 fully saturated rings. The van der Waals surface area contributed by atoms with E-state index in [2.05, 4.69) is 19.2 Å². The summed E-state index contributed by atoms with van der Waals surface area (Å²) in [6.07, 6.45) is 0.957. The van der Waals surface area contributed by atoms with Crippen molar-refractivity contribution < 1.29 is 9.53 Å². The zero-order chi connectivity index (χ0) is 11.8. The molecule has 2 aliphatic heterocycles. The van der Waals surface area contributed by atoms with Crippen molar-refractivity contribution in [2.75, 3.05) is 26.2 Å². The smallest absolute Gasteiger partial charge is 0.228 e. The predicted octanol–water partition coefficient (Wildman–Crippen LogP) is 0.622. The average molecular weight is 226 g/mol. The van der Waals surface area contributed by atoms with Crippen LogP contribution in [0.4, 0.5) is 0 Å². The zero-order valence-electron chi connectivity index (χ0n) is 10.5. The number of nitrogens with zero attached hydrogens (tertiary/aromatic N) is 1. The van der Waals surface area contributed by atoms with Crippen molar-refractivity contribution in [1.29, 1.82) is 0 Å². The molecule has 0 radical (unpaired) electrons. The summed E-state index contributed by atoms with van der Waals surface area (Å²) in [4.78, 5) is 14.5. The molecule has 16 heavy (non-hydrogen) atoms. The molecule has 2 aliphatic rings. The molecule has 4 nitrogen and oxygen atoms in total. The third-order valence-corrected chi connectivity index (χ3v) is 3.76. The summed E-state index contributed by atoms with van der Waals surface area (Å²) in [6.45, 7) is 9.57. The van der Waals surface area contributed by atoms with E-state index < -0.39 is 0 Å². The number of ether oxygens (including phenoxy) is 1. The highest BCUT2D eigenvalue weighted by molar-refractivity contribution is 5.80. The van der Waals surface area contributed by atoms with E-state index >= 15 is 0 Å². The maximum atomic E-state index is 12.4. The van der Waals surface area contributed by atoms with Crippen LogP contribution in [0.3, 0.4) is 0 Å². The van der Waals surface area contributed by atoms with Crippen LogP contribution in [-0.4, -0.2) is 48.7 Å². The van der Waals surface area contributed by atoms with Gasteiger partial charge in [0.05, 0.1) is 12.0 Å². The lowest BCUT2D eigenvalue weighted by Gasteiger charge is -2.44. The number of carbonyl (C=O) groups excluding carboxylic acids is 1. The molecule has 0 aromatic carbocycles. The number of hydrogen-bond donors (Lipinski definition) is 1. The number of piperazine rings is 1. The van der Waals surface area contributed by atoms with Gasteiger partial charge in [0.1, 0.15) is 0 Å². The number of amides is 1. The van der Waals surface area contributed by atoms with Crippen molar-refractivity contribution in [1.82, 2.24) is 10.2 Å². The summed E-state index contributed by atoms with van der Waals surface area (Å²) in [5.74, 6) is 0.342. The molecule has 92 valence electrons. The summed E-state index contributed by atoms with van der Waals surface area (Å²) in [5.41, 5.74) is -0.0718. The number of hydrogen-bond acceptors (Lipinski definition) is 3. The average Bonchev–Trinajstić information content (AvgIpc) is 2.63. The first-order chi connectivity index (χ1) is 7.52. The minimum Gasteiger partial charge on any atom is -0.378 e. The van der Waals surface area contributed by atoms with Crippen molar-refractivity contribution in [3.05, 3.63) is 0 Å². The first-order valence-corrected chi connectivity index (χ1v) is 6.16. The van der Waals surface area contributed by atoms with Gasteiger partial charge in [0.2, 0.25) is 5.91 Å². The Morgan fingerprint density at radius 2 is 2.25 bits per heavy atom. The molecule has 2 atom stereocenters. The maximum absolute atomic E-state index is 12.4. The van der Waals surface area contributed by atoms with Gasteiger partial charge >= 0.3 is 0 Å². The molecule has 1 N–H and O–H groups in total. The Morgan fingerprint density at radius 3 is 2.81 bits per heavy atom. The molecule has 0 aliphatic carbocycles. The molecule has 2 heterocycles. The van der Waals surface area contributed by atoms with Gasteiger partial charge in [0, 0.05) is 31.8 Å². The van der Waals surface area contributed by atoms with Gasteiger partial charge in [-0.05, 0) is 27.2 Å². The van der Waals surface area contributed by atoms with Crippen LogP contribution in [0.1, 0.15) is 27.2 Å². The fourth-order valence-electron chi connectivity index (χ4n) is 2.65. The van der Waals surface area contributed by atoms with E-state index in [4.69, 9.17) is 4.74 Å². The molecule has 0 spiro atoms. The molecule has 0 aromatic rings. The molecule has 0 saturated carbocycles. The van der Waals surface area contributed by atoms with Crippen LogP contribution in [0.5, 0.6) is 0 Å². The highest BCUT2D eigenvalue weighted by Crippen LogP contribution is 2.26. The van der Waals surface area contributed by atoms with Gasteiger partial charge < -0.3 is 15.0 Å². The van der Waals surface area contributed by atoms with Crippen LogP contribution >= 0.6 is 0 Å². The summed E-state index contributed by atoms with van der Waals surface area (Å²) in [6, 6.07) is 0. The molecule has 2 saturated heterocycles. The van der Waals surface area contributed by atoms with Gasteiger partial charge in [0.25, 0.3) is 0 Å². The molecule has 4 heteroatoms. The number of nitrogens with one attached hydrogen (secondary N) is 1. The SMILES string of the molecule is CC1OCCC1C(=O)N1CCNCC1(C)C. The quantitative estimate of drug-likeness (QED) is 0.713. The van der Waals surface area contributed by atoms with Crippen molar-refractivity contribution in [2.24, 2.45) is 5.92 Å². The maximum Gasteiger partial charge on any atom is 0.228 e. The van der Waals surface area contributed by atoms with Crippen LogP contribution in [0.25, 0.3) is 0 Å². The molecule has 0 bridgehead atoms. The van der Waals surface area contributed by atoms with E-state index in [1.54, 1.807) is 0 Å². The van der Waals surface area contributed by atoms with Crippen LogP contribution in [0, 0.1) is 5.92 Å². The monoisotopic (exact) mass is 226 g/mol. The number of carbonyl (C=O) groups is 1. The topological polar surface area (TPSA) is 41.6 Å². The van der Waals surface area contributed by atoms with E-state index in [9.17, 15) is 4.79 Å². The lowest BCUT2D eigenvalue weighted by molar-refractivity contribution is -0.143. The lowest BCUT2D eigenvalue weighted by atomic mass is 9.94. The Hall–Kier alpha value is -0.610. The van der Waals surface area contributed by atoms with Gasteiger partial charge in [0.15, 0.2) is 0 Å². The minimum absolute atomic E-state index is 0.0670. The van der Waals surface area contributed by atoms with Crippen LogP contribution < -0.4 is 5.32 Å². The van der Waals surface area contributed by atoms with Crippen LogP contribution in [0.15, 0.2) is 0 Å². The normalized spacial score (nSPS) is 34.1. The molecule has 0 aromatic heterocycles. The minimum atomic E-state index is -0.0718. The van der Waals surface area contributed by atoms with Crippen molar-refractivity contribution in [3.8, 4) is 0 Å². The van der Waals surface area contributed by atoms with Crippen LogP contribution in [0.2, 0.25) is 0 Å². The second kappa shape index (κ2) is 4.34. The van der Waals surface area contributed by atoms with E-state index in [1.165, 1.54) is 0 Å². The van der Waals surface area contributed by atoms with Crippen molar-refractivity contribution in [2.45, 2.75) is 38.8 Å². The first kappa shape index (κ1) is 11.9. The van der Waals surface area contributed by atoms with Crippen LogP contribution in [-0.2, 0) is 9.53 Å². The highest BCUT2D eigenvalue weighted by atomic mass is 16.5. The fraction of sp³-hybridized carbons (Fsp3) is 0.917. The van der Waals surface area contributed by atoms with Gasteiger partial charge in [-0.25, -0.2) is 0 Å². The van der Waals surface area contributed by atoms with Gasteiger partial charge in [-0.15, -0.1) is 0 Å². The summed E-state index contributed by atoms with van der Waals surface area (Å²) >= 11 is 0. The fourth-order valence-corrected chi connectivity index (χ4v) is 2.65. The Kier molecular flexibility index (Phi) is 3.22. The molecule has 1 amide bonds. The number of rotatable bonds is 1. The summed E-state index contributed by atoms with van der Waals surface area (Å²) in [7, 11) is 0. The second-order valence-corrected chi connectivity index (χ2v) is 5.45. The zero-order valence-corrected chi connectivity index (χ0v) is 10.5. The molecule has 2 rings (SSSR count). The molecule has 2 unspecified atom stereocenters. The Bertz CT molecular complexity index is 278. The van der Waals surface area contributed by atoms with E-state index in [1.807, 2.05) is 11.8 Å². The standard InChI is InChI=1S/C12H22N2O2/c1-9-10(4-7-16-9)11(15)14-6-5-13-8-12(14,2)3/h9-10,13H,4-8H2,1-3H3. The Balaban J connectivity index is 2.08. The van der Waals surface area contributed by atoms with Crippen molar-refractivity contribution >= 4 is 5.91 Å². The molecular formula is C12H22N2O2. The second-order valence-electron chi connectivity index (χ2n) is 5.45. The third kappa shape index (κ3) is 2.09. The van der Waals surface area contributed by atoms with Gasteiger partial charge in [-0.2, -0.15) is 0 Å². The first-order valence-electron chi connectivity index (χ1n) is 6.16.